The summed E-state index contributed by atoms with van der Waals surface area (Å²) < 4.78 is 68.1. The Kier molecular flexibility index (Phi) is 20.1. The summed E-state index contributed by atoms with van der Waals surface area (Å²) in [5.74, 6) is 0. The largest absolute Gasteiger partial charge is 0.744 e. The molecule has 0 heterocycles. The lowest BCUT2D eigenvalue weighted by Gasteiger charge is -2.35. The Morgan fingerprint density at radius 3 is 0.875 bits per heavy atom. The third kappa shape index (κ3) is 14.0. The van der Waals surface area contributed by atoms with E-state index in [2.05, 4.69) is 83.1 Å². The number of nitrogen functional groups attached to an aromatic ring is 2. The summed E-state index contributed by atoms with van der Waals surface area (Å²) in [5, 5.41) is 0. The SMILES string of the molecule is CCC(C)[NH+](C(C)CC)C(C)CC.CCC(C)[NH+](C(C)CC)C(C)CC.Nc1ccc(-c2ccc(N)cc2S(=O)(=O)[O-])c(S(=O)(=O)[O-])c1. The molecule has 2 aromatic rings. The lowest BCUT2D eigenvalue weighted by molar-refractivity contribution is -0.968. The molecule has 2 rings (SSSR count). The Morgan fingerprint density at radius 2 is 0.708 bits per heavy atom. The molecule has 6 unspecified atom stereocenters. The van der Waals surface area contributed by atoms with Crippen molar-refractivity contribution in [2.45, 2.75) is 168 Å². The molecule has 0 aliphatic carbocycles. The third-order valence-electron chi connectivity index (χ3n) is 9.93. The quantitative estimate of drug-likeness (QED) is 0.149. The monoisotopic (exact) mass is 714 g/mol. The van der Waals surface area contributed by atoms with Crippen LogP contribution in [-0.4, -0.2) is 62.2 Å². The highest BCUT2D eigenvalue weighted by atomic mass is 32.2. The fourth-order valence-corrected chi connectivity index (χ4v) is 7.72. The van der Waals surface area contributed by atoms with Crippen molar-refractivity contribution in [1.82, 2.24) is 0 Å². The molecular weight excluding hydrogens is 649 g/mol. The highest BCUT2D eigenvalue weighted by Crippen LogP contribution is 2.34. The van der Waals surface area contributed by atoms with E-state index < -0.39 is 30.0 Å². The fourth-order valence-electron chi connectivity index (χ4n) is 6.26. The Balaban J connectivity index is 0.000000738. The Bertz CT molecular complexity index is 1300. The van der Waals surface area contributed by atoms with Crippen LogP contribution in [0.1, 0.15) is 122 Å². The number of anilines is 2. The molecule has 0 aliphatic rings. The maximum atomic E-state index is 11.3. The van der Waals surface area contributed by atoms with E-state index in [1.165, 1.54) is 50.7 Å². The van der Waals surface area contributed by atoms with Crippen LogP contribution in [0.2, 0.25) is 0 Å². The van der Waals surface area contributed by atoms with E-state index in [0.29, 0.717) is 0 Å². The Morgan fingerprint density at radius 1 is 0.500 bits per heavy atom. The van der Waals surface area contributed by atoms with Gasteiger partial charge in [-0.1, -0.05) is 53.7 Å². The second-order valence-corrected chi connectivity index (χ2v) is 16.0. The summed E-state index contributed by atoms with van der Waals surface area (Å²) in [6, 6.07) is 11.5. The molecule has 48 heavy (non-hydrogen) atoms. The van der Waals surface area contributed by atoms with Crippen LogP contribution in [0.25, 0.3) is 11.1 Å². The second-order valence-electron chi connectivity index (χ2n) is 13.3. The maximum Gasteiger partial charge on any atom is 0.125 e. The number of quaternary nitrogens is 2. The first-order chi connectivity index (χ1) is 22.2. The topological polar surface area (TPSA) is 175 Å². The molecular formula is C36H66N4O6S2. The Labute approximate surface area is 293 Å². The van der Waals surface area contributed by atoms with Crippen LogP contribution in [0.15, 0.2) is 46.2 Å². The molecule has 0 bridgehead atoms. The van der Waals surface area contributed by atoms with Gasteiger partial charge in [-0.2, -0.15) is 0 Å². The van der Waals surface area contributed by atoms with E-state index in [4.69, 9.17) is 11.5 Å². The molecule has 0 spiro atoms. The minimum absolute atomic E-state index is 0.000139. The van der Waals surface area contributed by atoms with Gasteiger partial charge in [-0.25, -0.2) is 16.8 Å². The highest BCUT2D eigenvalue weighted by Gasteiger charge is 2.27. The summed E-state index contributed by atoms with van der Waals surface area (Å²) in [6.07, 6.45) is 7.77. The third-order valence-corrected chi connectivity index (χ3v) is 11.7. The van der Waals surface area contributed by atoms with E-state index in [1.807, 2.05) is 0 Å². The smallest absolute Gasteiger partial charge is 0.125 e. The first-order valence-electron chi connectivity index (χ1n) is 17.6. The van der Waals surface area contributed by atoms with Crippen molar-refractivity contribution in [2.75, 3.05) is 11.5 Å². The fraction of sp³-hybridized carbons (Fsp3) is 0.667. The van der Waals surface area contributed by atoms with Gasteiger partial charge in [0, 0.05) is 22.5 Å². The van der Waals surface area contributed by atoms with Gasteiger partial charge in [-0.3, -0.25) is 0 Å². The van der Waals surface area contributed by atoms with Gasteiger partial charge in [-0.15, -0.1) is 0 Å². The number of hydrogen-bond donors (Lipinski definition) is 4. The molecule has 0 aliphatic heterocycles. The number of nitrogens with one attached hydrogen (secondary N) is 2. The summed E-state index contributed by atoms with van der Waals surface area (Å²) in [6.45, 7) is 28.1. The van der Waals surface area contributed by atoms with Crippen molar-refractivity contribution in [3.8, 4) is 11.1 Å². The van der Waals surface area contributed by atoms with Gasteiger partial charge in [0.15, 0.2) is 0 Å². The van der Waals surface area contributed by atoms with Crippen molar-refractivity contribution in [3.05, 3.63) is 36.4 Å². The average Bonchev–Trinajstić information content (AvgIpc) is 3.03. The molecule has 278 valence electrons. The summed E-state index contributed by atoms with van der Waals surface area (Å²) in [7, 11) is -9.87. The molecule has 12 heteroatoms. The van der Waals surface area contributed by atoms with Crippen LogP contribution < -0.4 is 21.3 Å². The minimum atomic E-state index is -4.93. The Hall–Kier alpha value is -2.22. The molecule has 10 nitrogen and oxygen atoms in total. The maximum absolute atomic E-state index is 11.3. The van der Waals surface area contributed by atoms with Crippen LogP contribution in [-0.2, 0) is 20.2 Å². The number of hydrogen-bond acceptors (Lipinski definition) is 8. The minimum Gasteiger partial charge on any atom is -0.744 e. The highest BCUT2D eigenvalue weighted by molar-refractivity contribution is 7.86. The van der Waals surface area contributed by atoms with E-state index >= 15 is 0 Å². The van der Waals surface area contributed by atoms with Crippen molar-refractivity contribution < 1.29 is 35.7 Å². The number of benzene rings is 2. The van der Waals surface area contributed by atoms with Crippen molar-refractivity contribution in [2.24, 2.45) is 0 Å². The molecule has 0 saturated heterocycles. The van der Waals surface area contributed by atoms with Crippen LogP contribution in [0.3, 0.4) is 0 Å². The van der Waals surface area contributed by atoms with Crippen molar-refractivity contribution in [1.29, 1.82) is 0 Å². The van der Waals surface area contributed by atoms with E-state index in [-0.39, 0.29) is 22.5 Å². The standard InChI is InChI=1S/C12H12N2O6S2.2C12H27N/c13-7-1-3-9(11(5-7)21(15,16)17)10-4-2-8(14)6-12(10)22(18,19)20;2*1-7-10(4)13(11(5)8-2)12(6)9-3/h1-6H,13-14H2,(H,15,16,17)(H,18,19,20);2*10-12H,7-9H2,1-6H3. The number of rotatable bonds is 15. The summed E-state index contributed by atoms with van der Waals surface area (Å²) in [4.78, 5) is 2.16. The molecule has 2 aromatic carbocycles. The molecule has 0 saturated carbocycles. The van der Waals surface area contributed by atoms with Gasteiger partial charge in [0.05, 0.1) is 46.0 Å². The zero-order valence-electron chi connectivity index (χ0n) is 31.6. The average molecular weight is 715 g/mol. The summed E-state index contributed by atoms with van der Waals surface area (Å²) in [5.41, 5.74) is 10.4. The van der Waals surface area contributed by atoms with E-state index in [0.717, 1.165) is 60.5 Å². The first kappa shape index (κ1) is 45.8. The number of nitrogens with two attached hydrogens (primary N) is 2. The lowest BCUT2D eigenvalue weighted by Crippen LogP contribution is -3.21. The lowest BCUT2D eigenvalue weighted by atomic mass is 10.0. The predicted octanol–water partition coefficient (Wildman–Crippen LogP) is 4.86. The molecule has 0 amide bonds. The second kappa shape index (κ2) is 21.1. The predicted molar refractivity (Wildman–Crippen MR) is 197 cm³/mol. The van der Waals surface area contributed by atoms with Gasteiger partial charge >= 0.3 is 0 Å². The molecule has 0 aromatic heterocycles. The van der Waals surface area contributed by atoms with Crippen LogP contribution in [0.5, 0.6) is 0 Å². The van der Waals surface area contributed by atoms with Crippen LogP contribution in [0.4, 0.5) is 11.4 Å². The van der Waals surface area contributed by atoms with Crippen molar-refractivity contribution in [3.63, 3.8) is 0 Å². The molecule has 6 N–H and O–H groups in total. The van der Waals surface area contributed by atoms with Crippen LogP contribution in [0, 0.1) is 0 Å². The van der Waals surface area contributed by atoms with Gasteiger partial charge in [0.2, 0.25) is 0 Å². The van der Waals surface area contributed by atoms with Crippen LogP contribution >= 0.6 is 0 Å². The van der Waals surface area contributed by atoms with E-state index in [9.17, 15) is 25.9 Å². The van der Waals surface area contributed by atoms with Gasteiger partial charge < -0.3 is 30.4 Å². The first-order valence-corrected chi connectivity index (χ1v) is 20.4. The normalized spacial score (nSPS) is 16.9. The zero-order valence-corrected chi connectivity index (χ0v) is 33.2. The van der Waals surface area contributed by atoms with Gasteiger partial charge in [0.1, 0.15) is 20.2 Å². The molecule has 0 fully saturated rings. The van der Waals surface area contributed by atoms with E-state index in [1.54, 1.807) is 9.80 Å². The molecule has 6 atom stereocenters. The zero-order chi connectivity index (χ0) is 37.6. The van der Waals surface area contributed by atoms with Gasteiger partial charge in [-0.05, 0) is 104 Å². The summed E-state index contributed by atoms with van der Waals surface area (Å²) >= 11 is 0. The molecule has 0 radical (unpaired) electrons. The van der Waals surface area contributed by atoms with Gasteiger partial charge in [0.25, 0.3) is 0 Å². The van der Waals surface area contributed by atoms with Crippen molar-refractivity contribution >= 4 is 31.6 Å².